The van der Waals surface area contributed by atoms with E-state index in [0.29, 0.717) is 10.8 Å². The lowest BCUT2D eigenvalue weighted by molar-refractivity contribution is 0.0879. The fraction of sp³-hybridized carbons (Fsp3) is 1.00. The van der Waals surface area contributed by atoms with Crippen molar-refractivity contribution in [3.05, 3.63) is 0 Å². The van der Waals surface area contributed by atoms with Gasteiger partial charge in [-0.25, -0.2) is 0 Å². The van der Waals surface area contributed by atoms with Crippen LogP contribution < -0.4 is 0 Å². The Labute approximate surface area is 97.4 Å². The molecule has 1 saturated heterocycles. The lowest BCUT2D eigenvalue weighted by Gasteiger charge is -2.41. The minimum atomic E-state index is 0.410. The van der Waals surface area contributed by atoms with Gasteiger partial charge in [0, 0.05) is 18.4 Å². The van der Waals surface area contributed by atoms with E-state index in [4.69, 9.17) is 0 Å². The van der Waals surface area contributed by atoms with Gasteiger partial charge in [0.05, 0.1) is 0 Å². The number of piperidine rings is 1. The molecule has 0 saturated carbocycles. The van der Waals surface area contributed by atoms with E-state index in [-0.39, 0.29) is 0 Å². The van der Waals surface area contributed by atoms with Gasteiger partial charge in [-0.05, 0) is 30.2 Å². The third-order valence-electron chi connectivity index (χ3n) is 2.99. The summed E-state index contributed by atoms with van der Waals surface area (Å²) in [6.45, 7) is 13.2. The van der Waals surface area contributed by atoms with Crippen molar-refractivity contribution in [3.8, 4) is 0 Å². The van der Waals surface area contributed by atoms with E-state index in [0.717, 1.165) is 5.33 Å². The maximum Gasteiger partial charge on any atom is 0.00949 e. The predicted molar refractivity (Wildman–Crippen MR) is 67.0 cm³/mol. The van der Waals surface area contributed by atoms with Crippen LogP contribution in [0.15, 0.2) is 0 Å². The lowest BCUT2D eigenvalue weighted by atomic mass is 9.83. The Morgan fingerprint density at radius 2 is 2.00 bits per heavy atom. The second kappa shape index (κ2) is 4.52. The van der Waals surface area contributed by atoms with Gasteiger partial charge in [-0.15, -0.1) is 0 Å². The summed E-state index contributed by atoms with van der Waals surface area (Å²) in [5, 5.41) is 1.09. The van der Waals surface area contributed by atoms with Crippen LogP contribution in [0.4, 0.5) is 0 Å². The van der Waals surface area contributed by atoms with Crippen LogP contribution in [0, 0.1) is 10.8 Å². The fourth-order valence-corrected chi connectivity index (χ4v) is 2.50. The molecule has 14 heavy (non-hydrogen) atoms. The topological polar surface area (TPSA) is 3.24 Å². The van der Waals surface area contributed by atoms with E-state index in [2.05, 4.69) is 48.5 Å². The lowest BCUT2D eigenvalue weighted by Crippen LogP contribution is -2.44. The van der Waals surface area contributed by atoms with Gasteiger partial charge in [-0.3, -0.25) is 0 Å². The monoisotopic (exact) mass is 261 g/mol. The Morgan fingerprint density at radius 3 is 2.50 bits per heavy atom. The van der Waals surface area contributed by atoms with Crippen molar-refractivity contribution in [1.29, 1.82) is 0 Å². The summed E-state index contributed by atoms with van der Waals surface area (Å²) in [5.41, 5.74) is 0.939. The van der Waals surface area contributed by atoms with Gasteiger partial charge in [-0.2, -0.15) is 0 Å². The highest BCUT2D eigenvalue weighted by atomic mass is 79.9. The minimum Gasteiger partial charge on any atom is -0.302 e. The molecule has 1 aliphatic rings. The molecule has 0 bridgehead atoms. The normalized spacial score (nSPS) is 23.8. The van der Waals surface area contributed by atoms with Crippen LogP contribution in [-0.4, -0.2) is 29.9 Å². The van der Waals surface area contributed by atoms with Gasteiger partial charge >= 0.3 is 0 Å². The zero-order chi connectivity index (χ0) is 10.8. The smallest absolute Gasteiger partial charge is 0.00949 e. The number of nitrogens with zero attached hydrogens (tertiary/aromatic N) is 1. The first-order chi connectivity index (χ1) is 6.35. The van der Waals surface area contributed by atoms with Gasteiger partial charge in [-0.1, -0.05) is 43.6 Å². The Balaban J connectivity index is 2.46. The summed E-state index contributed by atoms with van der Waals surface area (Å²) in [6.07, 6.45) is 2.75. The molecule has 0 aromatic rings. The molecule has 0 spiro atoms. The quantitative estimate of drug-likeness (QED) is 0.703. The highest BCUT2D eigenvalue weighted by molar-refractivity contribution is 9.09. The molecule has 2 heteroatoms. The maximum atomic E-state index is 3.60. The second-order valence-electron chi connectivity index (χ2n) is 6.28. The van der Waals surface area contributed by atoms with Crippen LogP contribution in [-0.2, 0) is 0 Å². The first kappa shape index (κ1) is 12.5. The standard InChI is InChI=1S/C12H24BrN/c1-11(2)6-5-7-14(9-11)10-12(3,4)8-13/h5-10H2,1-4H3. The van der Waals surface area contributed by atoms with Crippen molar-refractivity contribution < 1.29 is 0 Å². The fourth-order valence-electron chi connectivity index (χ4n) is 2.33. The van der Waals surface area contributed by atoms with E-state index in [1.807, 2.05) is 0 Å². The molecule has 0 aromatic heterocycles. The molecule has 0 radical (unpaired) electrons. The number of alkyl halides is 1. The Bertz CT molecular complexity index is 187. The molecule has 84 valence electrons. The minimum absolute atomic E-state index is 0.410. The van der Waals surface area contributed by atoms with Gasteiger partial charge < -0.3 is 4.90 Å². The average molecular weight is 262 g/mol. The van der Waals surface area contributed by atoms with Gasteiger partial charge in [0.15, 0.2) is 0 Å². The highest BCUT2D eigenvalue weighted by Crippen LogP contribution is 2.30. The third-order valence-corrected chi connectivity index (χ3v) is 4.51. The van der Waals surface area contributed by atoms with Gasteiger partial charge in [0.1, 0.15) is 0 Å². The van der Waals surface area contributed by atoms with Crippen molar-refractivity contribution in [1.82, 2.24) is 4.90 Å². The summed E-state index contributed by atoms with van der Waals surface area (Å²) < 4.78 is 0. The number of hydrogen-bond donors (Lipinski definition) is 0. The summed E-state index contributed by atoms with van der Waals surface area (Å²) >= 11 is 3.60. The van der Waals surface area contributed by atoms with E-state index < -0.39 is 0 Å². The molecule has 0 N–H and O–H groups in total. The van der Waals surface area contributed by atoms with E-state index >= 15 is 0 Å². The molecule has 0 aliphatic carbocycles. The van der Waals surface area contributed by atoms with E-state index in [9.17, 15) is 0 Å². The van der Waals surface area contributed by atoms with E-state index in [1.165, 1.54) is 32.5 Å². The van der Waals surface area contributed by atoms with Crippen LogP contribution >= 0.6 is 15.9 Å². The van der Waals surface area contributed by atoms with Crippen molar-refractivity contribution in [3.63, 3.8) is 0 Å². The predicted octanol–water partition coefficient (Wildman–Crippen LogP) is 3.53. The number of likely N-dealkylation sites (tertiary alicyclic amines) is 1. The molecule has 1 fully saturated rings. The van der Waals surface area contributed by atoms with Crippen LogP contribution in [0.1, 0.15) is 40.5 Å². The molecule has 0 amide bonds. The van der Waals surface area contributed by atoms with Crippen molar-refractivity contribution in [2.45, 2.75) is 40.5 Å². The SMILES string of the molecule is CC(C)(CBr)CN1CCCC(C)(C)C1. The Morgan fingerprint density at radius 1 is 1.36 bits per heavy atom. The van der Waals surface area contributed by atoms with Crippen LogP contribution in [0.3, 0.4) is 0 Å². The molecule has 1 heterocycles. The molecule has 0 aromatic carbocycles. The molecular weight excluding hydrogens is 238 g/mol. The summed E-state index contributed by atoms with van der Waals surface area (Å²) in [4.78, 5) is 2.63. The summed E-state index contributed by atoms with van der Waals surface area (Å²) in [6, 6.07) is 0. The molecule has 0 atom stereocenters. The number of hydrogen-bond acceptors (Lipinski definition) is 1. The largest absolute Gasteiger partial charge is 0.302 e. The van der Waals surface area contributed by atoms with Crippen molar-refractivity contribution >= 4 is 15.9 Å². The molecule has 1 aliphatic heterocycles. The van der Waals surface area contributed by atoms with Crippen LogP contribution in [0.2, 0.25) is 0 Å². The first-order valence-corrected chi connectivity index (χ1v) is 6.75. The molecule has 1 rings (SSSR count). The van der Waals surface area contributed by atoms with Crippen molar-refractivity contribution in [2.24, 2.45) is 10.8 Å². The average Bonchev–Trinajstić information content (AvgIpc) is 2.01. The number of halogens is 1. The summed E-state index contributed by atoms with van der Waals surface area (Å²) in [5.74, 6) is 0. The van der Waals surface area contributed by atoms with Crippen molar-refractivity contribution in [2.75, 3.05) is 25.0 Å². The Kier molecular flexibility index (Phi) is 4.04. The van der Waals surface area contributed by atoms with Crippen LogP contribution in [0.25, 0.3) is 0 Å². The molecule has 1 nitrogen and oxygen atoms in total. The second-order valence-corrected chi connectivity index (χ2v) is 6.84. The first-order valence-electron chi connectivity index (χ1n) is 5.63. The van der Waals surface area contributed by atoms with Gasteiger partial charge in [0.25, 0.3) is 0 Å². The zero-order valence-electron chi connectivity index (χ0n) is 10.1. The maximum absolute atomic E-state index is 3.60. The van der Waals surface area contributed by atoms with Crippen LogP contribution in [0.5, 0.6) is 0 Å². The molecule has 0 unspecified atom stereocenters. The summed E-state index contributed by atoms with van der Waals surface area (Å²) in [7, 11) is 0. The number of rotatable bonds is 3. The van der Waals surface area contributed by atoms with Gasteiger partial charge in [0.2, 0.25) is 0 Å². The zero-order valence-corrected chi connectivity index (χ0v) is 11.7. The highest BCUT2D eigenvalue weighted by Gasteiger charge is 2.29. The molecular formula is C12H24BrN. The Hall–Kier alpha value is 0.440. The third kappa shape index (κ3) is 3.90. The van der Waals surface area contributed by atoms with E-state index in [1.54, 1.807) is 0 Å².